The highest BCUT2D eigenvalue weighted by molar-refractivity contribution is 7.90. The third kappa shape index (κ3) is 2.62. The average molecular weight is 299 g/mol. The Bertz CT molecular complexity index is 604. The van der Waals surface area contributed by atoms with E-state index in [-0.39, 0.29) is 4.90 Å². The van der Waals surface area contributed by atoms with E-state index in [4.69, 9.17) is 15.2 Å². The van der Waals surface area contributed by atoms with Crippen molar-refractivity contribution in [1.29, 1.82) is 0 Å². The summed E-state index contributed by atoms with van der Waals surface area (Å²) in [5, 5.41) is 0. The highest BCUT2D eigenvalue weighted by atomic mass is 32.2. The van der Waals surface area contributed by atoms with E-state index in [0.717, 1.165) is 25.7 Å². The third-order valence-corrected chi connectivity index (χ3v) is 5.05. The van der Waals surface area contributed by atoms with Crippen molar-refractivity contribution in [3.63, 3.8) is 0 Å². The van der Waals surface area contributed by atoms with Gasteiger partial charge < -0.3 is 15.2 Å². The summed E-state index contributed by atoms with van der Waals surface area (Å²) in [4.78, 5) is 0.236. The van der Waals surface area contributed by atoms with Crippen LogP contribution < -0.4 is 15.2 Å². The third-order valence-electron chi connectivity index (χ3n) is 3.92. The van der Waals surface area contributed by atoms with Gasteiger partial charge in [-0.3, -0.25) is 0 Å². The van der Waals surface area contributed by atoms with E-state index in [0.29, 0.717) is 17.1 Å². The maximum atomic E-state index is 12.1. The van der Waals surface area contributed by atoms with Crippen LogP contribution in [0.2, 0.25) is 0 Å². The molecule has 112 valence electrons. The lowest BCUT2D eigenvalue weighted by atomic mass is 9.89. The summed E-state index contributed by atoms with van der Waals surface area (Å²) in [5.41, 5.74) is 6.47. The van der Waals surface area contributed by atoms with Gasteiger partial charge in [0, 0.05) is 17.9 Å². The van der Waals surface area contributed by atoms with Gasteiger partial charge in [-0.05, 0) is 24.5 Å². The highest BCUT2D eigenvalue weighted by Gasteiger charge is 2.36. The zero-order valence-electron chi connectivity index (χ0n) is 12.1. The molecule has 2 N–H and O–H groups in total. The first kappa shape index (κ1) is 15.1. The second-order valence-electron chi connectivity index (χ2n) is 5.34. The Kier molecular flexibility index (Phi) is 3.97. The van der Waals surface area contributed by atoms with Gasteiger partial charge in [0.25, 0.3) is 0 Å². The van der Waals surface area contributed by atoms with E-state index >= 15 is 0 Å². The molecule has 0 aromatic heterocycles. The minimum Gasteiger partial charge on any atom is -0.493 e. The van der Waals surface area contributed by atoms with Gasteiger partial charge >= 0.3 is 0 Å². The van der Waals surface area contributed by atoms with Crippen molar-refractivity contribution in [2.75, 3.05) is 20.5 Å². The van der Waals surface area contributed by atoms with Gasteiger partial charge in [0.2, 0.25) is 0 Å². The minimum atomic E-state index is -3.38. The maximum Gasteiger partial charge on any atom is 0.176 e. The first-order valence-electron chi connectivity index (χ1n) is 6.57. The molecule has 0 bridgehead atoms. The topological polar surface area (TPSA) is 78.6 Å². The van der Waals surface area contributed by atoms with E-state index in [1.807, 2.05) is 0 Å². The predicted octanol–water partition coefficient (Wildman–Crippen LogP) is 1.84. The molecule has 0 saturated heterocycles. The lowest BCUT2D eigenvalue weighted by molar-refractivity contribution is 0.350. The van der Waals surface area contributed by atoms with Crippen LogP contribution in [0.3, 0.4) is 0 Å². The number of hydrogen-bond acceptors (Lipinski definition) is 5. The quantitative estimate of drug-likeness (QED) is 0.917. The van der Waals surface area contributed by atoms with Gasteiger partial charge in [0.05, 0.1) is 19.1 Å². The summed E-state index contributed by atoms with van der Waals surface area (Å²) in [5.74, 6) is 0.907. The predicted molar refractivity (Wildman–Crippen MR) is 77.0 cm³/mol. The molecule has 20 heavy (non-hydrogen) atoms. The fourth-order valence-electron chi connectivity index (χ4n) is 2.83. The van der Waals surface area contributed by atoms with Gasteiger partial charge in [0.1, 0.15) is 0 Å². The maximum absolute atomic E-state index is 12.1. The number of nitrogens with two attached hydrogens (primary N) is 1. The minimum absolute atomic E-state index is 0.236. The van der Waals surface area contributed by atoms with Crippen LogP contribution in [-0.4, -0.2) is 28.9 Å². The summed E-state index contributed by atoms with van der Waals surface area (Å²) >= 11 is 0. The van der Waals surface area contributed by atoms with Crippen LogP contribution in [-0.2, 0) is 15.4 Å². The molecule has 0 spiro atoms. The molecule has 0 amide bonds. The van der Waals surface area contributed by atoms with Gasteiger partial charge in [-0.2, -0.15) is 0 Å². The Labute approximate surface area is 120 Å². The molecule has 0 atom stereocenters. The standard InChI is InChI=1S/C14H21NO4S/c1-18-11-8-10(14(15)6-4-5-7-14)13(20(3,16)17)9-12(11)19-2/h8-9H,4-7,15H2,1-3H3. The van der Waals surface area contributed by atoms with Crippen LogP contribution in [0.1, 0.15) is 31.2 Å². The van der Waals surface area contributed by atoms with Crippen LogP contribution in [0, 0.1) is 0 Å². The second kappa shape index (κ2) is 5.26. The Morgan fingerprint density at radius 1 is 1.10 bits per heavy atom. The molecule has 1 aliphatic carbocycles. The number of rotatable bonds is 4. The molecule has 0 aliphatic heterocycles. The molecule has 6 heteroatoms. The average Bonchev–Trinajstić information content (AvgIpc) is 2.84. The molecule has 1 aromatic carbocycles. The van der Waals surface area contributed by atoms with Crippen molar-refractivity contribution in [3.05, 3.63) is 17.7 Å². The number of sulfone groups is 1. The van der Waals surface area contributed by atoms with Crippen LogP contribution in [0.15, 0.2) is 17.0 Å². The highest BCUT2D eigenvalue weighted by Crippen LogP contribution is 2.43. The fraction of sp³-hybridized carbons (Fsp3) is 0.571. The summed E-state index contributed by atoms with van der Waals surface area (Å²) in [7, 11) is -0.371. The lowest BCUT2D eigenvalue weighted by Crippen LogP contribution is -2.34. The molecule has 0 radical (unpaired) electrons. The number of benzene rings is 1. The van der Waals surface area contributed by atoms with Crippen molar-refractivity contribution in [1.82, 2.24) is 0 Å². The summed E-state index contributed by atoms with van der Waals surface area (Å²) in [6.45, 7) is 0. The van der Waals surface area contributed by atoms with E-state index in [1.54, 1.807) is 6.07 Å². The van der Waals surface area contributed by atoms with Gasteiger partial charge in [-0.15, -0.1) is 0 Å². The molecule has 5 nitrogen and oxygen atoms in total. The van der Waals surface area contributed by atoms with E-state index in [9.17, 15) is 8.42 Å². The van der Waals surface area contributed by atoms with Crippen molar-refractivity contribution in [2.45, 2.75) is 36.1 Å². The normalized spacial score (nSPS) is 18.0. The summed E-state index contributed by atoms with van der Waals surface area (Å²) < 4.78 is 34.6. The lowest BCUT2D eigenvalue weighted by Gasteiger charge is -2.27. The van der Waals surface area contributed by atoms with Crippen molar-refractivity contribution in [2.24, 2.45) is 5.73 Å². The molecule has 1 saturated carbocycles. The zero-order valence-corrected chi connectivity index (χ0v) is 12.9. The Balaban J connectivity index is 2.70. The van der Waals surface area contributed by atoms with E-state index in [2.05, 4.69) is 0 Å². The Hall–Kier alpha value is -1.27. The molecule has 1 aromatic rings. The summed E-state index contributed by atoms with van der Waals surface area (Å²) in [6, 6.07) is 3.22. The largest absolute Gasteiger partial charge is 0.493 e. The molecule has 0 unspecified atom stereocenters. The number of methoxy groups -OCH3 is 2. The number of ether oxygens (including phenoxy) is 2. The van der Waals surface area contributed by atoms with E-state index < -0.39 is 15.4 Å². The van der Waals surface area contributed by atoms with Crippen molar-refractivity contribution >= 4 is 9.84 Å². The Morgan fingerprint density at radius 3 is 2.05 bits per heavy atom. The number of hydrogen-bond donors (Lipinski definition) is 1. The van der Waals surface area contributed by atoms with Crippen LogP contribution in [0.5, 0.6) is 11.5 Å². The summed E-state index contributed by atoms with van der Waals surface area (Å²) in [6.07, 6.45) is 4.77. The van der Waals surface area contributed by atoms with E-state index in [1.165, 1.54) is 26.5 Å². The molecule has 0 heterocycles. The molecular formula is C14H21NO4S. The molecular weight excluding hydrogens is 278 g/mol. The van der Waals surface area contributed by atoms with Crippen LogP contribution in [0.25, 0.3) is 0 Å². The smallest absolute Gasteiger partial charge is 0.176 e. The Morgan fingerprint density at radius 2 is 1.60 bits per heavy atom. The monoisotopic (exact) mass is 299 g/mol. The fourth-order valence-corrected chi connectivity index (χ4v) is 3.81. The second-order valence-corrected chi connectivity index (χ2v) is 7.32. The van der Waals surface area contributed by atoms with Gasteiger partial charge in [-0.25, -0.2) is 8.42 Å². The molecule has 2 rings (SSSR count). The first-order valence-corrected chi connectivity index (χ1v) is 8.46. The SMILES string of the molecule is COc1cc(C2(N)CCCC2)c(S(C)(=O)=O)cc1OC. The molecule has 1 aliphatic rings. The first-order chi connectivity index (χ1) is 9.31. The zero-order chi connectivity index (χ0) is 15.0. The van der Waals surface area contributed by atoms with Gasteiger partial charge in [-0.1, -0.05) is 12.8 Å². The van der Waals surface area contributed by atoms with Crippen LogP contribution >= 0.6 is 0 Å². The van der Waals surface area contributed by atoms with Crippen molar-refractivity contribution < 1.29 is 17.9 Å². The molecule has 1 fully saturated rings. The van der Waals surface area contributed by atoms with Crippen molar-refractivity contribution in [3.8, 4) is 11.5 Å². The van der Waals surface area contributed by atoms with Gasteiger partial charge in [0.15, 0.2) is 21.3 Å². The van der Waals surface area contributed by atoms with Crippen LogP contribution in [0.4, 0.5) is 0 Å².